The van der Waals surface area contributed by atoms with E-state index in [9.17, 15) is 9.90 Å². The molecule has 0 radical (unpaired) electrons. The highest BCUT2D eigenvalue weighted by molar-refractivity contribution is 9.10. The number of hydrogen-bond donors (Lipinski definition) is 1. The third kappa shape index (κ3) is 3.12. The zero-order valence-electron chi connectivity index (χ0n) is 12.0. The number of likely N-dealkylation sites (tertiary alicyclic amines) is 1. The molecule has 1 aromatic heterocycles. The second-order valence-electron chi connectivity index (χ2n) is 5.46. The number of nitrogens with zero attached hydrogens (tertiary/aromatic N) is 3. The van der Waals surface area contributed by atoms with Crippen LogP contribution in [0.15, 0.2) is 16.7 Å². The predicted octanol–water partition coefficient (Wildman–Crippen LogP) is 1.75. The summed E-state index contributed by atoms with van der Waals surface area (Å²) in [6.07, 6.45) is 2.17. The van der Waals surface area contributed by atoms with Crippen LogP contribution in [0.5, 0.6) is 0 Å². The fourth-order valence-corrected chi connectivity index (χ4v) is 2.81. The van der Waals surface area contributed by atoms with Crippen LogP contribution in [-0.4, -0.2) is 54.2 Å². The average molecular weight is 342 g/mol. The number of carbonyl (C=O) groups is 1. The summed E-state index contributed by atoms with van der Waals surface area (Å²) in [6.45, 7) is 3.08. The lowest BCUT2D eigenvalue weighted by Gasteiger charge is -2.21. The molecule has 1 fully saturated rings. The maximum atomic E-state index is 12.6. The van der Waals surface area contributed by atoms with Gasteiger partial charge >= 0.3 is 0 Å². The van der Waals surface area contributed by atoms with E-state index in [2.05, 4.69) is 20.9 Å². The van der Waals surface area contributed by atoms with Crippen LogP contribution in [-0.2, 0) is 0 Å². The SMILES string of the molecule is CC(O)C1CCN(C(=O)c2cc(Br)cnc2N(C)C)C1. The Hall–Kier alpha value is -1.14. The second kappa shape index (κ2) is 6.10. The molecule has 1 aliphatic heterocycles. The first-order valence-corrected chi connectivity index (χ1v) is 7.49. The third-order valence-corrected chi connectivity index (χ3v) is 4.12. The highest BCUT2D eigenvalue weighted by Gasteiger charge is 2.31. The molecule has 2 atom stereocenters. The Morgan fingerprint density at radius 1 is 1.60 bits per heavy atom. The molecule has 0 aromatic carbocycles. The van der Waals surface area contributed by atoms with Crippen LogP contribution in [0.1, 0.15) is 23.7 Å². The smallest absolute Gasteiger partial charge is 0.257 e. The molecular weight excluding hydrogens is 322 g/mol. The van der Waals surface area contributed by atoms with Crippen LogP contribution in [0.25, 0.3) is 0 Å². The highest BCUT2D eigenvalue weighted by atomic mass is 79.9. The van der Waals surface area contributed by atoms with Crippen molar-refractivity contribution in [3.63, 3.8) is 0 Å². The lowest BCUT2D eigenvalue weighted by molar-refractivity contribution is 0.0762. The van der Waals surface area contributed by atoms with Crippen molar-refractivity contribution in [2.24, 2.45) is 5.92 Å². The number of halogens is 1. The Bertz CT molecular complexity index is 505. The number of aliphatic hydroxyl groups excluding tert-OH is 1. The Kier molecular flexibility index (Phi) is 4.65. The molecule has 2 unspecified atom stereocenters. The van der Waals surface area contributed by atoms with Gasteiger partial charge in [0.25, 0.3) is 5.91 Å². The fourth-order valence-electron chi connectivity index (χ4n) is 2.48. The summed E-state index contributed by atoms with van der Waals surface area (Å²) in [4.78, 5) is 20.6. The number of pyridine rings is 1. The van der Waals surface area contributed by atoms with Gasteiger partial charge in [0.05, 0.1) is 11.7 Å². The molecule has 6 heteroatoms. The molecule has 0 aliphatic carbocycles. The summed E-state index contributed by atoms with van der Waals surface area (Å²) in [5.74, 6) is 0.811. The first-order chi connectivity index (χ1) is 9.40. The van der Waals surface area contributed by atoms with E-state index < -0.39 is 0 Å². The van der Waals surface area contributed by atoms with E-state index in [1.807, 2.05) is 19.0 Å². The van der Waals surface area contributed by atoms with Gasteiger partial charge < -0.3 is 14.9 Å². The molecule has 20 heavy (non-hydrogen) atoms. The summed E-state index contributed by atoms with van der Waals surface area (Å²) in [7, 11) is 3.74. The van der Waals surface area contributed by atoms with Crippen molar-refractivity contribution in [1.29, 1.82) is 0 Å². The van der Waals surface area contributed by atoms with Crippen molar-refractivity contribution in [2.45, 2.75) is 19.4 Å². The van der Waals surface area contributed by atoms with Crippen molar-refractivity contribution in [2.75, 3.05) is 32.1 Å². The monoisotopic (exact) mass is 341 g/mol. The van der Waals surface area contributed by atoms with Gasteiger partial charge in [0, 0.05) is 43.8 Å². The van der Waals surface area contributed by atoms with Gasteiger partial charge in [-0.2, -0.15) is 0 Å². The van der Waals surface area contributed by atoms with Crippen molar-refractivity contribution < 1.29 is 9.90 Å². The molecule has 1 aliphatic rings. The predicted molar refractivity (Wildman–Crippen MR) is 82.0 cm³/mol. The lowest BCUT2D eigenvalue weighted by atomic mass is 10.0. The standard InChI is InChI=1S/C14H20BrN3O2/c1-9(19)10-4-5-18(8-10)14(20)12-6-11(15)7-16-13(12)17(2)3/h6-7,9-10,19H,4-5,8H2,1-3H3. The van der Waals surface area contributed by atoms with E-state index >= 15 is 0 Å². The maximum absolute atomic E-state index is 12.6. The van der Waals surface area contributed by atoms with E-state index in [1.165, 1.54) is 0 Å². The van der Waals surface area contributed by atoms with Gasteiger partial charge in [-0.3, -0.25) is 4.79 Å². The summed E-state index contributed by atoms with van der Waals surface area (Å²) < 4.78 is 0.790. The molecule has 0 saturated carbocycles. The summed E-state index contributed by atoms with van der Waals surface area (Å²) >= 11 is 3.37. The van der Waals surface area contributed by atoms with Crippen molar-refractivity contribution in [1.82, 2.24) is 9.88 Å². The molecule has 5 nitrogen and oxygen atoms in total. The molecule has 1 N–H and O–H groups in total. The van der Waals surface area contributed by atoms with E-state index in [-0.39, 0.29) is 17.9 Å². The molecule has 0 bridgehead atoms. The van der Waals surface area contributed by atoms with Crippen LogP contribution >= 0.6 is 15.9 Å². The summed E-state index contributed by atoms with van der Waals surface area (Å²) in [6, 6.07) is 1.81. The molecule has 1 aromatic rings. The minimum atomic E-state index is -0.373. The maximum Gasteiger partial charge on any atom is 0.257 e. The minimum Gasteiger partial charge on any atom is -0.393 e. The topological polar surface area (TPSA) is 56.7 Å². The van der Waals surface area contributed by atoms with Crippen molar-refractivity contribution in [3.05, 3.63) is 22.3 Å². The van der Waals surface area contributed by atoms with Gasteiger partial charge in [0.2, 0.25) is 0 Å². The number of aromatic nitrogens is 1. The normalized spacial score (nSPS) is 20.1. The molecule has 1 saturated heterocycles. The Balaban J connectivity index is 2.23. The first kappa shape index (κ1) is 15.3. The van der Waals surface area contributed by atoms with Crippen LogP contribution in [0, 0.1) is 5.92 Å². The van der Waals surface area contributed by atoms with Gasteiger partial charge in [-0.15, -0.1) is 0 Å². The zero-order valence-corrected chi connectivity index (χ0v) is 13.6. The van der Waals surface area contributed by atoms with Crippen molar-refractivity contribution in [3.8, 4) is 0 Å². The summed E-state index contributed by atoms with van der Waals surface area (Å²) in [5, 5.41) is 9.64. The van der Waals surface area contributed by atoms with Crippen LogP contribution < -0.4 is 4.90 Å². The molecule has 1 amide bonds. The minimum absolute atomic E-state index is 0.0225. The number of rotatable bonds is 3. The van der Waals surface area contributed by atoms with Crippen molar-refractivity contribution >= 4 is 27.7 Å². The number of aliphatic hydroxyl groups is 1. The fraction of sp³-hybridized carbons (Fsp3) is 0.571. The Labute approximate surface area is 127 Å². The van der Waals surface area contributed by atoms with Gasteiger partial charge in [-0.1, -0.05) is 0 Å². The van der Waals surface area contributed by atoms with E-state index in [0.717, 1.165) is 10.9 Å². The Morgan fingerprint density at radius 3 is 2.85 bits per heavy atom. The van der Waals surface area contributed by atoms with E-state index in [0.29, 0.717) is 24.5 Å². The first-order valence-electron chi connectivity index (χ1n) is 6.70. The largest absolute Gasteiger partial charge is 0.393 e. The second-order valence-corrected chi connectivity index (χ2v) is 6.38. The van der Waals surface area contributed by atoms with E-state index in [4.69, 9.17) is 0 Å². The van der Waals surface area contributed by atoms with Gasteiger partial charge in [-0.25, -0.2) is 4.98 Å². The Morgan fingerprint density at radius 2 is 2.30 bits per heavy atom. The molecule has 2 rings (SSSR count). The summed E-state index contributed by atoms with van der Waals surface area (Å²) in [5.41, 5.74) is 0.593. The quantitative estimate of drug-likeness (QED) is 0.909. The van der Waals surface area contributed by atoms with Crippen LogP contribution in [0.4, 0.5) is 5.82 Å². The van der Waals surface area contributed by atoms with E-state index in [1.54, 1.807) is 24.1 Å². The molecular formula is C14H20BrN3O2. The number of carbonyl (C=O) groups excluding carboxylic acids is 1. The molecule has 110 valence electrons. The number of anilines is 1. The van der Waals surface area contributed by atoms with Crippen LogP contribution in [0.3, 0.4) is 0 Å². The molecule has 0 spiro atoms. The molecule has 2 heterocycles. The number of amides is 1. The van der Waals surface area contributed by atoms with Gasteiger partial charge in [-0.05, 0) is 35.3 Å². The van der Waals surface area contributed by atoms with Gasteiger partial charge in [0.1, 0.15) is 5.82 Å². The average Bonchev–Trinajstić information content (AvgIpc) is 2.87. The van der Waals surface area contributed by atoms with Crippen LogP contribution in [0.2, 0.25) is 0 Å². The number of hydrogen-bond acceptors (Lipinski definition) is 4. The lowest BCUT2D eigenvalue weighted by Crippen LogP contribution is -2.31. The van der Waals surface area contributed by atoms with Gasteiger partial charge in [0.15, 0.2) is 0 Å². The zero-order chi connectivity index (χ0) is 14.9. The third-order valence-electron chi connectivity index (χ3n) is 3.68. The highest BCUT2D eigenvalue weighted by Crippen LogP contribution is 2.26.